The van der Waals surface area contributed by atoms with Gasteiger partial charge in [-0.15, -0.1) is 11.3 Å². The summed E-state index contributed by atoms with van der Waals surface area (Å²) in [6, 6.07) is 14.1. The Labute approximate surface area is 163 Å². The summed E-state index contributed by atoms with van der Waals surface area (Å²) in [5.74, 6) is 1.04. The van der Waals surface area contributed by atoms with Crippen LogP contribution in [0.3, 0.4) is 0 Å². The van der Waals surface area contributed by atoms with Gasteiger partial charge in [0.25, 0.3) is 0 Å². The van der Waals surface area contributed by atoms with E-state index in [0.717, 1.165) is 42.2 Å². The second-order valence-corrected chi connectivity index (χ2v) is 7.65. The summed E-state index contributed by atoms with van der Waals surface area (Å²) < 4.78 is 7.45. The highest BCUT2D eigenvalue weighted by molar-refractivity contribution is 7.13. The van der Waals surface area contributed by atoms with E-state index in [1.807, 2.05) is 35.2 Å². The second kappa shape index (κ2) is 7.96. The van der Waals surface area contributed by atoms with Crippen LogP contribution in [-0.4, -0.2) is 34.2 Å². The number of carbonyl (C=O) groups is 1. The molecule has 1 aliphatic heterocycles. The molecule has 6 heteroatoms. The molecule has 140 valence electrons. The Kier molecular flexibility index (Phi) is 5.25. The van der Waals surface area contributed by atoms with Gasteiger partial charge in [-0.2, -0.15) is 5.10 Å². The van der Waals surface area contributed by atoms with Crippen molar-refractivity contribution in [3.8, 4) is 16.3 Å². The number of methoxy groups -OCH3 is 1. The molecule has 0 fully saturated rings. The van der Waals surface area contributed by atoms with Gasteiger partial charge in [-0.25, -0.2) is 0 Å². The molecule has 3 heterocycles. The van der Waals surface area contributed by atoms with E-state index >= 15 is 0 Å². The maximum atomic E-state index is 12.8. The zero-order valence-corrected chi connectivity index (χ0v) is 16.2. The van der Waals surface area contributed by atoms with E-state index in [1.54, 1.807) is 18.4 Å². The van der Waals surface area contributed by atoms with Crippen LogP contribution in [0.25, 0.3) is 10.6 Å². The Bertz CT molecular complexity index is 917. The lowest BCUT2D eigenvalue weighted by molar-refractivity contribution is -0.131. The first-order chi connectivity index (χ1) is 13.2. The minimum absolute atomic E-state index is 0.188. The number of aryl methyl sites for hydroxylation is 2. The molecule has 2 aromatic heterocycles. The van der Waals surface area contributed by atoms with Gasteiger partial charge in [0.15, 0.2) is 0 Å². The van der Waals surface area contributed by atoms with Gasteiger partial charge >= 0.3 is 0 Å². The lowest BCUT2D eigenvalue weighted by Crippen LogP contribution is -2.30. The third kappa shape index (κ3) is 3.90. The molecule has 0 N–H and O–H groups in total. The third-order valence-corrected chi connectivity index (χ3v) is 5.83. The van der Waals surface area contributed by atoms with Crippen molar-refractivity contribution in [1.82, 2.24) is 14.7 Å². The van der Waals surface area contributed by atoms with Crippen LogP contribution in [0.15, 0.2) is 47.8 Å². The number of nitrogens with zero attached hydrogens (tertiary/aromatic N) is 3. The highest BCUT2D eigenvalue weighted by Crippen LogP contribution is 2.26. The molecule has 1 aromatic carbocycles. The van der Waals surface area contributed by atoms with Gasteiger partial charge in [-0.3, -0.25) is 9.48 Å². The zero-order chi connectivity index (χ0) is 18.6. The minimum Gasteiger partial charge on any atom is -0.496 e. The summed E-state index contributed by atoms with van der Waals surface area (Å²) in [7, 11) is 1.67. The van der Waals surface area contributed by atoms with E-state index in [0.29, 0.717) is 19.4 Å². The van der Waals surface area contributed by atoms with Gasteiger partial charge in [-0.05, 0) is 42.0 Å². The molecule has 0 unspecified atom stereocenters. The summed E-state index contributed by atoms with van der Waals surface area (Å²) in [6.45, 7) is 2.27. The van der Waals surface area contributed by atoms with Gasteiger partial charge in [0.2, 0.25) is 5.91 Å². The lowest BCUT2D eigenvalue weighted by atomic mass is 10.1. The molecule has 5 nitrogen and oxygen atoms in total. The number of fused-ring (bicyclic) bond motifs is 1. The Morgan fingerprint density at radius 1 is 1.22 bits per heavy atom. The van der Waals surface area contributed by atoms with E-state index in [2.05, 4.69) is 22.2 Å². The molecule has 1 aliphatic rings. The minimum atomic E-state index is 0.188. The summed E-state index contributed by atoms with van der Waals surface area (Å²) >= 11 is 1.69. The Balaban J connectivity index is 1.44. The molecule has 0 spiro atoms. The quantitative estimate of drug-likeness (QED) is 0.671. The first-order valence-corrected chi connectivity index (χ1v) is 10.1. The molecule has 0 radical (unpaired) electrons. The number of ether oxygens (including phenoxy) is 1. The number of para-hydroxylation sites is 1. The molecular formula is C21H23N3O2S. The van der Waals surface area contributed by atoms with E-state index in [1.165, 1.54) is 4.88 Å². The van der Waals surface area contributed by atoms with Crippen molar-refractivity contribution in [1.29, 1.82) is 0 Å². The number of rotatable bonds is 5. The number of thiophene rings is 1. The standard InChI is InChI=1S/C21H23N3O2S/c1-26-19-7-3-2-6-16(19)9-10-21(25)23-11-5-12-24-17(15-23)14-18(22-24)20-8-4-13-27-20/h2-4,6-8,13-14H,5,9-12,15H2,1H3. The monoisotopic (exact) mass is 381 g/mol. The van der Waals surface area contributed by atoms with Crippen LogP contribution in [0.5, 0.6) is 5.75 Å². The van der Waals surface area contributed by atoms with E-state index < -0.39 is 0 Å². The van der Waals surface area contributed by atoms with Crippen molar-refractivity contribution in [2.45, 2.75) is 32.4 Å². The Morgan fingerprint density at radius 3 is 2.93 bits per heavy atom. The highest BCUT2D eigenvalue weighted by Gasteiger charge is 2.21. The summed E-state index contributed by atoms with van der Waals surface area (Å²) in [6.07, 6.45) is 2.12. The summed E-state index contributed by atoms with van der Waals surface area (Å²) in [5.41, 5.74) is 3.19. The number of amides is 1. The first kappa shape index (κ1) is 17.8. The number of aromatic nitrogens is 2. The summed E-state index contributed by atoms with van der Waals surface area (Å²) in [4.78, 5) is 16.0. The van der Waals surface area contributed by atoms with Crippen molar-refractivity contribution in [2.75, 3.05) is 13.7 Å². The number of benzene rings is 1. The average molecular weight is 382 g/mol. The van der Waals surface area contributed by atoms with Crippen molar-refractivity contribution >= 4 is 17.2 Å². The molecular weight excluding hydrogens is 358 g/mol. The Hall–Kier alpha value is -2.60. The number of carbonyl (C=O) groups excluding carboxylic acids is 1. The van der Waals surface area contributed by atoms with Crippen molar-refractivity contribution in [2.24, 2.45) is 0 Å². The fourth-order valence-electron chi connectivity index (χ4n) is 3.53. The number of hydrogen-bond donors (Lipinski definition) is 0. The van der Waals surface area contributed by atoms with Gasteiger partial charge in [0, 0.05) is 19.5 Å². The highest BCUT2D eigenvalue weighted by atomic mass is 32.1. The molecule has 3 aromatic rings. The van der Waals surface area contributed by atoms with Crippen LogP contribution >= 0.6 is 11.3 Å². The third-order valence-electron chi connectivity index (χ3n) is 4.94. The smallest absolute Gasteiger partial charge is 0.223 e. The molecule has 0 atom stereocenters. The van der Waals surface area contributed by atoms with Crippen LogP contribution in [0.2, 0.25) is 0 Å². The average Bonchev–Trinajstić information content (AvgIpc) is 3.32. The second-order valence-electron chi connectivity index (χ2n) is 6.70. The van der Waals surface area contributed by atoms with Gasteiger partial charge in [0.1, 0.15) is 11.4 Å². The molecule has 0 aliphatic carbocycles. The van der Waals surface area contributed by atoms with Crippen LogP contribution in [0, 0.1) is 0 Å². The summed E-state index contributed by atoms with van der Waals surface area (Å²) in [5, 5.41) is 6.80. The fourth-order valence-corrected chi connectivity index (χ4v) is 4.21. The molecule has 0 bridgehead atoms. The molecule has 4 rings (SSSR count). The topological polar surface area (TPSA) is 47.4 Å². The SMILES string of the molecule is COc1ccccc1CCC(=O)N1CCCn2nc(-c3cccs3)cc2C1. The maximum absolute atomic E-state index is 12.8. The van der Waals surface area contributed by atoms with Gasteiger partial charge < -0.3 is 9.64 Å². The molecule has 1 amide bonds. The zero-order valence-electron chi connectivity index (χ0n) is 15.4. The van der Waals surface area contributed by atoms with Crippen LogP contribution in [-0.2, 0) is 24.3 Å². The van der Waals surface area contributed by atoms with E-state index in [9.17, 15) is 4.79 Å². The van der Waals surface area contributed by atoms with Crippen LogP contribution in [0.4, 0.5) is 0 Å². The number of hydrogen-bond acceptors (Lipinski definition) is 4. The van der Waals surface area contributed by atoms with Crippen molar-refractivity contribution in [3.05, 3.63) is 59.1 Å². The normalized spacial score (nSPS) is 13.9. The maximum Gasteiger partial charge on any atom is 0.223 e. The molecule has 0 saturated heterocycles. The first-order valence-electron chi connectivity index (χ1n) is 9.25. The van der Waals surface area contributed by atoms with Crippen LogP contribution in [0.1, 0.15) is 24.1 Å². The predicted octanol–water partition coefficient (Wildman–Crippen LogP) is 3.99. The van der Waals surface area contributed by atoms with E-state index in [4.69, 9.17) is 9.84 Å². The molecule has 0 saturated carbocycles. The lowest BCUT2D eigenvalue weighted by Gasteiger charge is -2.20. The van der Waals surface area contributed by atoms with Crippen LogP contribution < -0.4 is 4.74 Å². The predicted molar refractivity (Wildman–Crippen MR) is 107 cm³/mol. The fraction of sp³-hybridized carbons (Fsp3) is 0.333. The van der Waals surface area contributed by atoms with Gasteiger partial charge in [-0.1, -0.05) is 24.3 Å². The van der Waals surface area contributed by atoms with Gasteiger partial charge in [0.05, 0.1) is 24.2 Å². The Morgan fingerprint density at radius 2 is 2.11 bits per heavy atom. The van der Waals surface area contributed by atoms with Crippen molar-refractivity contribution in [3.63, 3.8) is 0 Å². The largest absolute Gasteiger partial charge is 0.496 e. The van der Waals surface area contributed by atoms with E-state index in [-0.39, 0.29) is 5.91 Å². The van der Waals surface area contributed by atoms with Crippen molar-refractivity contribution < 1.29 is 9.53 Å². The molecule has 27 heavy (non-hydrogen) atoms.